The summed E-state index contributed by atoms with van der Waals surface area (Å²) >= 11 is 0. The van der Waals surface area contributed by atoms with Crippen molar-refractivity contribution in [1.82, 2.24) is 0 Å². The Morgan fingerprint density at radius 2 is 1.42 bits per heavy atom. The molecule has 0 N–H and O–H groups in total. The maximum absolute atomic E-state index is 6.26. The number of benzene rings is 2. The van der Waals surface area contributed by atoms with Crippen molar-refractivity contribution in [3.05, 3.63) is 71.8 Å². The van der Waals surface area contributed by atoms with E-state index in [1.54, 1.807) is 0 Å². The van der Waals surface area contributed by atoms with Crippen LogP contribution in [0.2, 0.25) is 6.04 Å². The maximum Gasteiger partial charge on any atom is 0.162 e. The van der Waals surface area contributed by atoms with E-state index in [0.717, 1.165) is 0 Å². The lowest BCUT2D eigenvalue weighted by molar-refractivity contribution is 0.260. The molecule has 1 nitrogen and oxygen atoms in total. The van der Waals surface area contributed by atoms with Gasteiger partial charge in [0.2, 0.25) is 0 Å². The topological polar surface area (TPSA) is 9.23 Å². The summed E-state index contributed by atoms with van der Waals surface area (Å²) in [6.45, 7) is 2.24. The largest absolute Gasteiger partial charge is 0.413 e. The van der Waals surface area contributed by atoms with Gasteiger partial charge in [0, 0.05) is 0 Å². The summed E-state index contributed by atoms with van der Waals surface area (Å²) in [4.78, 5) is 0. The fraction of sp³-hybridized carbons (Fsp3) is 0.294. The number of hydrogen-bond donors (Lipinski definition) is 0. The van der Waals surface area contributed by atoms with Crippen LogP contribution in [0.1, 0.15) is 37.0 Å². The molecule has 0 aromatic heterocycles. The molecule has 0 unspecified atom stereocenters. The predicted octanol–water partition coefficient (Wildman–Crippen LogP) is 4.09. The first-order chi connectivity index (χ1) is 9.42. The number of rotatable bonds is 7. The van der Waals surface area contributed by atoms with Crippen LogP contribution < -0.4 is 0 Å². The van der Waals surface area contributed by atoms with Crippen molar-refractivity contribution in [2.24, 2.45) is 0 Å². The third-order valence-electron chi connectivity index (χ3n) is 3.24. The molecule has 19 heavy (non-hydrogen) atoms. The highest BCUT2D eigenvalue weighted by Crippen LogP contribution is 2.25. The van der Waals surface area contributed by atoms with Gasteiger partial charge in [-0.15, -0.1) is 0 Å². The van der Waals surface area contributed by atoms with Gasteiger partial charge >= 0.3 is 0 Å². The first-order valence-electron chi connectivity index (χ1n) is 7.13. The molecular weight excluding hydrogens is 248 g/mol. The van der Waals surface area contributed by atoms with Crippen LogP contribution in [-0.2, 0) is 4.43 Å². The zero-order chi connectivity index (χ0) is 13.3. The summed E-state index contributed by atoms with van der Waals surface area (Å²) in [5, 5.41) is 0. The van der Waals surface area contributed by atoms with Gasteiger partial charge in [-0.25, -0.2) is 0 Å². The summed E-state index contributed by atoms with van der Waals surface area (Å²) in [6.07, 6.45) is 2.67. The van der Waals surface area contributed by atoms with E-state index in [-0.39, 0.29) is 6.10 Å². The van der Waals surface area contributed by atoms with E-state index in [1.165, 1.54) is 30.0 Å². The molecule has 0 aliphatic heterocycles. The Hall–Kier alpha value is -1.38. The van der Waals surface area contributed by atoms with Crippen LogP contribution in [0.5, 0.6) is 0 Å². The standard InChI is InChI=1S/C17H22OSi/c1-2-3-14-19-18-17(15-10-6-4-7-11-15)16-12-8-5-9-13-16/h4-13,17H,2-3,14,19H2,1H3. The quantitative estimate of drug-likeness (QED) is 0.544. The predicted molar refractivity (Wildman–Crippen MR) is 84.1 cm³/mol. The fourth-order valence-corrected chi connectivity index (χ4v) is 3.69. The second-order valence-electron chi connectivity index (χ2n) is 4.78. The highest BCUT2D eigenvalue weighted by molar-refractivity contribution is 6.27. The minimum Gasteiger partial charge on any atom is -0.413 e. The van der Waals surface area contributed by atoms with Crippen LogP contribution in [0.3, 0.4) is 0 Å². The van der Waals surface area contributed by atoms with Crippen LogP contribution >= 0.6 is 0 Å². The lowest BCUT2D eigenvalue weighted by Gasteiger charge is -2.19. The summed E-state index contributed by atoms with van der Waals surface area (Å²) in [6, 6.07) is 22.4. The van der Waals surface area contributed by atoms with Crippen molar-refractivity contribution in [2.75, 3.05) is 0 Å². The van der Waals surface area contributed by atoms with Crippen molar-refractivity contribution in [1.29, 1.82) is 0 Å². The molecule has 0 radical (unpaired) electrons. The molecule has 0 aliphatic carbocycles. The monoisotopic (exact) mass is 270 g/mol. The van der Waals surface area contributed by atoms with Gasteiger partial charge in [0.15, 0.2) is 9.76 Å². The molecule has 2 aromatic rings. The van der Waals surface area contributed by atoms with Crippen molar-refractivity contribution < 1.29 is 4.43 Å². The zero-order valence-corrected chi connectivity index (χ0v) is 13.0. The molecular formula is C17H22OSi. The van der Waals surface area contributed by atoms with E-state index in [1.807, 2.05) is 0 Å². The highest BCUT2D eigenvalue weighted by atomic mass is 28.2. The average Bonchev–Trinajstić information content (AvgIpc) is 2.49. The molecule has 0 saturated heterocycles. The maximum atomic E-state index is 6.26. The van der Waals surface area contributed by atoms with Crippen LogP contribution in [0.4, 0.5) is 0 Å². The summed E-state index contributed by atoms with van der Waals surface area (Å²) in [5.74, 6) is 0. The Bertz CT molecular complexity index is 416. The molecule has 0 aliphatic rings. The molecule has 0 saturated carbocycles. The Balaban J connectivity index is 2.10. The molecule has 0 amide bonds. The Morgan fingerprint density at radius 3 is 1.89 bits per heavy atom. The third-order valence-corrected chi connectivity index (χ3v) is 4.59. The first kappa shape index (κ1) is 14.0. The second-order valence-corrected chi connectivity index (χ2v) is 6.23. The van der Waals surface area contributed by atoms with Crippen LogP contribution in [0.15, 0.2) is 60.7 Å². The molecule has 2 aromatic carbocycles. The van der Waals surface area contributed by atoms with E-state index in [4.69, 9.17) is 4.43 Å². The van der Waals surface area contributed by atoms with Crippen LogP contribution in [0.25, 0.3) is 0 Å². The molecule has 100 valence electrons. The number of hydrogen-bond acceptors (Lipinski definition) is 1. The highest BCUT2D eigenvalue weighted by Gasteiger charge is 2.13. The van der Waals surface area contributed by atoms with Gasteiger partial charge in [0.05, 0.1) is 6.10 Å². The van der Waals surface area contributed by atoms with Crippen molar-refractivity contribution in [3.63, 3.8) is 0 Å². The van der Waals surface area contributed by atoms with Gasteiger partial charge in [-0.05, 0) is 17.2 Å². The Labute approximate surface area is 118 Å². The average molecular weight is 270 g/mol. The SMILES string of the molecule is CCCC[SiH2]OC(c1ccccc1)c1ccccc1. The Kier molecular flexibility index (Phi) is 5.85. The van der Waals surface area contributed by atoms with Crippen molar-refractivity contribution in [2.45, 2.75) is 31.9 Å². The van der Waals surface area contributed by atoms with E-state index < -0.39 is 9.76 Å². The molecule has 2 heteroatoms. The fourth-order valence-electron chi connectivity index (χ4n) is 2.19. The van der Waals surface area contributed by atoms with Gasteiger partial charge in [0.25, 0.3) is 0 Å². The molecule has 0 fully saturated rings. The van der Waals surface area contributed by atoms with Crippen molar-refractivity contribution in [3.8, 4) is 0 Å². The van der Waals surface area contributed by atoms with E-state index >= 15 is 0 Å². The van der Waals surface area contributed by atoms with E-state index in [9.17, 15) is 0 Å². The lowest BCUT2D eigenvalue weighted by Crippen LogP contribution is -2.09. The third kappa shape index (κ3) is 4.34. The van der Waals surface area contributed by atoms with Gasteiger partial charge in [-0.2, -0.15) is 0 Å². The van der Waals surface area contributed by atoms with Crippen LogP contribution in [0, 0.1) is 0 Å². The molecule has 0 bridgehead atoms. The molecule has 2 rings (SSSR count). The molecule has 0 atom stereocenters. The van der Waals surface area contributed by atoms with Crippen LogP contribution in [-0.4, -0.2) is 9.76 Å². The van der Waals surface area contributed by atoms with Crippen molar-refractivity contribution >= 4 is 9.76 Å². The van der Waals surface area contributed by atoms with Gasteiger partial charge < -0.3 is 4.43 Å². The summed E-state index contributed by atoms with van der Waals surface area (Å²) in [5.41, 5.74) is 2.52. The van der Waals surface area contributed by atoms with Gasteiger partial charge in [-0.1, -0.05) is 80.4 Å². The smallest absolute Gasteiger partial charge is 0.162 e. The Morgan fingerprint density at radius 1 is 0.895 bits per heavy atom. The normalized spacial score (nSPS) is 11.5. The van der Waals surface area contributed by atoms with Gasteiger partial charge in [-0.3, -0.25) is 0 Å². The zero-order valence-electron chi connectivity index (χ0n) is 11.6. The molecule has 0 spiro atoms. The van der Waals surface area contributed by atoms with Gasteiger partial charge in [0.1, 0.15) is 0 Å². The second kappa shape index (κ2) is 7.92. The minimum absolute atomic E-state index is 0.117. The summed E-state index contributed by atoms with van der Waals surface area (Å²) in [7, 11) is -0.435. The first-order valence-corrected chi connectivity index (χ1v) is 8.71. The van der Waals surface area contributed by atoms with E-state index in [2.05, 4.69) is 67.6 Å². The molecule has 0 heterocycles. The minimum atomic E-state index is -0.435. The van der Waals surface area contributed by atoms with E-state index in [0.29, 0.717) is 0 Å². The lowest BCUT2D eigenvalue weighted by atomic mass is 10.0. The summed E-state index contributed by atoms with van der Waals surface area (Å²) < 4.78 is 6.26. The number of unbranched alkanes of at least 4 members (excludes halogenated alkanes) is 1.